The number of hydrogen-bond donors (Lipinski definition) is 1. The van der Waals surface area contributed by atoms with Crippen LogP contribution in [0.1, 0.15) is 37.4 Å². The van der Waals surface area contributed by atoms with E-state index in [9.17, 15) is 0 Å². The van der Waals surface area contributed by atoms with Gasteiger partial charge in [-0.2, -0.15) is 0 Å². The van der Waals surface area contributed by atoms with Crippen LogP contribution in [0.2, 0.25) is 0 Å². The molecule has 2 heterocycles. The first kappa shape index (κ1) is 15.4. The zero-order valence-corrected chi connectivity index (χ0v) is 12.8. The van der Waals surface area contributed by atoms with Crippen LogP contribution in [0.3, 0.4) is 0 Å². The Morgan fingerprint density at radius 2 is 2.35 bits per heavy atom. The lowest BCUT2D eigenvalue weighted by Crippen LogP contribution is -2.38. The van der Waals surface area contributed by atoms with Crippen molar-refractivity contribution in [3.05, 3.63) is 29.6 Å². The molecule has 4 heteroatoms. The van der Waals surface area contributed by atoms with Gasteiger partial charge in [-0.15, -0.1) is 0 Å². The molecule has 0 radical (unpaired) electrons. The van der Waals surface area contributed by atoms with Gasteiger partial charge in [0, 0.05) is 32.9 Å². The zero-order chi connectivity index (χ0) is 14.2. The van der Waals surface area contributed by atoms with Crippen molar-refractivity contribution in [3.8, 4) is 0 Å². The largest absolute Gasteiger partial charge is 0.380 e. The summed E-state index contributed by atoms with van der Waals surface area (Å²) in [4.78, 5) is 7.02. The van der Waals surface area contributed by atoms with E-state index in [1.165, 1.54) is 24.8 Å². The zero-order valence-electron chi connectivity index (χ0n) is 12.8. The molecular weight excluding hydrogens is 250 g/mol. The first-order chi connectivity index (χ1) is 9.81. The van der Waals surface area contributed by atoms with E-state index < -0.39 is 0 Å². The molecule has 1 aliphatic rings. The molecule has 0 aromatic carbocycles. The number of ether oxygens (including phenoxy) is 1. The summed E-state index contributed by atoms with van der Waals surface area (Å²) >= 11 is 0. The molecule has 0 spiro atoms. The molecule has 1 fully saturated rings. The fraction of sp³-hybridized carbons (Fsp3) is 0.688. The van der Waals surface area contributed by atoms with E-state index in [2.05, 4.69) is 34.3 Å². The molecule has 1 atom stereocenters. The molecule has 0 saturated carbocycles. The lowest BCUT2D eigenvalue weighted by atomic mass is 10.1. The normalized spacial score (nSPS) is 20.2. The van der Waals surface area contributed by atoms with Gasteiger partial charge in [0.05, 0.1) is 11.8 Å². The van der Waals surface area contributed by atoms with Crippen LogP contribution in [-0.4, -0.2) is 42.7 Å². The number of nitrogens with zero attached hydrogens (tertiary/aromatic N) is 2. The minimum atomic E-state index is 0.390. The standard InChI is InChI=1S/C16H27N3O/c1-3-8-17-10-14-6-7-15(18-11-14)12-19-9-4-5-16(13-19)20-2/h6-7,11,16-17H,3-5,8-10,12-13H2,1-2H3. The highest BCUT2D eigenvalue weighted by molar-refractivity contribution is 5.14. The molecule has 1 aromatic rings. The molecular formula is C16H27N3O. The lowest BCUT2D eigenvalue weighted by molar-refractivity contribution is 0.0281. The number of likely N-dealkylation sites (tertiary alicyclic amines) is 1. The average molecular weight is 277 g/mol. The summed E-state index contributed by atoms with van der Waals surface area (Å²) < 4.78 is 5.46. The van der Waals surface area contributed by atoms with Crippen molar-refractivity contribution in [2.45, 2.75) is 45.4 Å². The Labute approximate surface area is 122 Å². The van der Waals surface area contributed by atoms with E-state index in [4.69, 9.17) is 4.74 Å². The van der Waals surface area contributed by atoms with Crippen molar-refractivity contribution in [2.24, 2.45) is 0 Å². The number of nitrogens with one attached hydrogen (secondary N) is 1. The van der Waals surface area contributed by atoms with Crippen LogP contribution in [0.25, 0.3) is 0 Å². The first-order valence-electron chi connectivity index (χ1n) is 7.71. The molecule has 112 valence electrons. The maximum Gasteiger partial charge on any atom is 0.0698 e. The minimum Gasteiger partial charge on any atom is -0.380 e. The Hall–Kier alpha value is -0.970. The van der Waals surface area contributed by atoms with Gasteiger partial charge < -0.3 is 10.1 Å². The third kappa shape index (κ3) is 4.85. The third-order valence-electron chi connectivity index (χ3n) is 3.82. The minimum absolute atomic E-state index is 0.390. The van der Waals surface area contributed by atoms with Gasteiger partial charge in [0.2, 0.25) is 0 Å². The summed E-state index contributed by atoms with van der Waals surface area (Å²) in [5.74, 6) is 0. The van der Waals surface area contributed by atoms with Crippen molar-refractivity contribution in [1.29, 1.82) is 0 Å². The van der Waals surface area contributed by atoms with Gasteiger partial charge in [-0.05, 0) is 44.0 Å². The third-order valence-corrected chi connectivity index (χ3v) is 3.82. The van der Waals surface area contributed by atoms with Crippen LogP contribution >= 0.6 is 0 Å². The second kappa shape index (κ2) is 8.35. The Bertz CT molecular complexity index is 380. The molecule has 1 N–H and O–H groups in total. The highest BCUT2D eigenvalue weighted by Gasteiger charge is 2.19. The molecule has 1 saturated heterocycles. The summed E-state index contributed by atoms with van der Waals surface area (Å²) in [5.41, 5.74) is 2.41. The summed E-state index contributed by atoms with van der Waals surface area (Å²) in [7, 11) is 1.81. The van der Waals surface area contributed by atoms with Crippen molar-refractivity contribution in [3.63, 3.8) is 0 Å². The Morgan fingerprint density at radius 3 is 3.05 bits per heavy atom. The van der Waals surface area contributed by atoms with Crippen molar-refractivity contribution < 1.29 is 4.74 Å². The van der Waals surface area contributed by atoms with Gasteiger partial charge in [-0.1, -0.05) is 13.0 Å². The predicted molar refractivity (Wildman–Crippen MR) is 81.5 cm³/mol. The number of hydrogen-bond acceptors (Lipinski definition) is 4. The van der Waals surface area contributed by atoms with Crippen LogP contribution < -0.4 is 5.32 Å². The summed E-state index contributed by atoms with van der Waals surface area (Å²) in [6.07, 6.45) is 5.96. The number of rotatable bonds is 7. The maximum atomic E-state index is 5.46. The van der Waals surface area contributed by atoms with Crippen LogP contribution in [0, 0.1) is 0 Å². The van der Waals surface area contributed by atoms with Crippen LogP contribution in [0.4, 0.5) is 0 Å². The van der Waals surface area contributed by atoms with Crippen molar-refractivity contribution in [1.82, 2.24) is 15.2 Å². The Balaban J connectivity index is 1.80. The summed E-state index contributed by atoms with van der Waals surface area (Å²) in [6.45, 7) is 7.27. The van der Waals surface area contributed by atoms with E-state index >= 15 is 0 Å². The second-order valence-electron chi connectivity index (χ2n) is 5.57. The SMILES string of the molecule is CCCNCc1ccc(CN2CCCC(OC)C2)nc1. The Kier molecular flexibility index (Phi) is 6.43. The van der Waals surface area contributed by atoms with Crippen LogP contribution in [-0.2, 0) is 17.8 Å². The molecule has 20 heavy (non-hydrogen) atoms. The molecule has 2 rings (SSSR count). The fourth-order valence-electron chi connectivity index (χ4n) is 2.64. The number of methoxy groups -OCH3 is 1. The predicted octanol–water partition coefficient (Wildman–Crippen LogP) is 2.19. The highest BCUT2D eigenvalue weighted by atomic mass is 16.5. The molecule has 1 aliphatic heterocycles. The second-order valence-corrected chi connectivity index (χ2v) is 5.57. The van der Waals surface area contributed by atoms with Gasteiger partial charge in [-0.25, -0.2) is 0 Å². The summed E-state index contributed by atoms with van der Waals surface area (Å²) in [5, 5.41) is 3.40. The van der Waals surface area contributed by atoms with Crippen molar-refractivity contribution in [2.75, 3.05) is 26.7 Å². The van der Waals surface area contributed by atoms with Gasteiger partial charge in [0.1, 0.15) is 0 Å². The van der Waals surface area contributed by atoms with Gasteiger partial charge >= 0.3 is 0 Å². The number of aromatic nitrogens is 1. The molecule has 4 nitrogen and oxygen atoms in total. The summed E-state index contributed by atoms with van der Waals surface area (Å²) in [6, 6.07) is 4.34. The molecule has 1 aromatic heterocycles. The van der Waals surface area contributed by atoms with E-state index in [0.717, 1.165) is 38.4 Å². The maximum absolute atomic E-state index is 5.46. The quantitative estimate of drug-likeness (QED) is 0.775. The smallest absolute Gasteiger partial charge is 0.0698 e. The first-order valence-corrected chi connectivity index (χ1v) is 7.71. The number of pyridine rings is 1. The monoisotopic (exact) mass is 277 g/mol. The van der Waals surface area contributed by atoms with Crippen LogP contribution in [0.15, 0.2) is 18.3 Å². The van der Waals surface area contributed by atoms with E-state index in [1.807, 2.05) is 13.3 Å². The topological polar surface area (TPSA) is 37.4 Å². The average Bonchev–Trinajstić information content (AvgIpc) is 2.49. The molecule has 0 aliphatic carbocycles. The molecule has 1 unspecified atom stereocenters. The van der Waals surface area contributed by atoms with Crippen LogP contribution in [0.5, 0.6) is 0 Å². The number of piperidine rings is 1. The fourth-order valence-corrected chi connectivity index (χ4v) is 2.64. The van der Waals surface area contributed by atoms with Crippen molar-refractivity contribution >= 4 is 0 Å². The van der Waals surface area contributed by atoms with E-state index in [1.54, 1.807) is 0 Å². The highest BCUT2D eigenvalue weighted by Crippen LogP contribution is 2.14. The van der Waals surface area contributed by atoms with Gasteiger partial charge in [0.25, 0.3) is 0 Å². The van der Waals surface area contributed by atoms with E-state index in [-0.39, 0.29) is 0 Å². The van der Waals surface area contributed by atoms with E-state index in [0.29, 0.717) is 6.10 Å². The lowest BCUT2D eigenvalue weighted by Gasteiger charge is -2.31. The molecule has 0 amide bonds. The van der Waals surface area contributed by atoms with Gasteiger partial charge in [0.15, 0.2) is 0 Å². The molecule has 0 bridgehead atoms. The Morgan fingerprint density at radius 1 is 1.45 bits per heavy atom. The van der Waals surface area contributed by atoms with Gasteiger partial charge in [-0.3, -0.25) is 9.88 Å².